The third kappa shape index (κ3) is 4.49. The number of thiazole rings is 1. The second-order valence-electron chi connectivity index (χ2n) is 6.14. The molecule has 0 amide bonds. The topological polar surface area (TPSA) is 93.9 Å². The van der Waals surface area contributed by atoms with Crippen LogP contribution in [0.25, 0.3) is 10.6 Å². The maximum absolute atomic E-state index is 12.4. The van der Waals surface area contributed by atoms with Gasteiger partial charge in [0.2, 0.25) is 10.0 Å². The Labute approximate surface area is 161 Å². The standard InChI is InChI=1S/C18H20N4O3S2/c1-12-5-4-6-15(11-12)27(24,25)19-9-10-22-17(23)8-7-16(21-22)18-13(2)20-14(3)26-18/h4-8,11,19H,9-10H2,1-3H3. The van der Waals surface area contributed by atoms with Gasteiger partial charge in [-0.2, -0.15) is 5.10 Å². The molecule has 3 aromatic rings. The summed E-state index contributed by atoms with van der Waals surface area (Å²) in [5.74, 6) is 0. The Bertz CT molecular complexity index is 1130. The molecule has 2 aromatic heterocycles. The highest BCUT2D eigenvalue weighted by molar-refractivity contribution is 7.89. The lowest BCUT2D eigenvalue weighted by atomic mass is 10.2. The van der Waals surface area contributed by atoms with E-state index in [-0.39, 0.29) is 23.5 Å². The summed E-state index contributed by atoms with van der Waals surface area (Å²) < 4.78 is 28.5. The average Bonchev–Trinajstić information content (AvgIpc) is 2.95. The molecular weight excluding hydrogens is 384 g/mol. The van der Waals surface area contributed by atoms with E-state index in [1.807, 2.05) is 26.8 Å². The lowest BCUT2D eigenvalue weighted by Gasteiger charge is -2.09. The lowest BCUT2D eigenvalue weighted by molar-refractivity contribution is 0.549. The summed E-state index contributed by atoms with van der Waals surface area (Å²) in [5, 5.41) is 5.29. The van der Waals surface area contributed by atoms with E-state index in [2.05, 4.69) is 14.8 Å². The highest BCUT2D eigenvalue weighted by Crippen LogP contribution is 2.27. The predicted molar refractivity (Wildman–Crippen MR) is 105 cm³/mol. The molecule has 0 fully saturated rings. The Balaban J connectivity index is 1.75. The van der Waals surface area contributed by atoms with Gasteiger partial charge in [-0.3, -0.25) is 4.79 Å². The van der Waals surface area contributed by atoms with Crippen molar-refractivity contribution in [1.29, 1.82) is 0 Å². The first-order valence-electron chi connectivity index (χ1n) is 8.35. The van der Waals surface area contributed by atoms with Gasteiger partial charge in [-0.15, -0.1) is 11.3 Å². The molecule has 9 heteroatoms. The van der Waals surface area contributed by atoms with Crippen molar-refractivity contribution in [2.45, 2.75) is 32.2 Å². The van der Waals surface area contributed by atoms with Crippen LogP contribution in [0.1, 0.15) is 16.3 Å². The van der Waals surface area contributed by atoms with Crippen molar-refractivity contribution >= 4 is 21.4 Å². The molecule has 1 aromatic carbocycles. The number of benzene rings is 1. The van der Waals surface area contributed by atoms with E-state index in [0.717, 1.165) is 21.1 Å². The van der Waals surface area contributed by atoms with Crippen LogP contribution < -0.4 is 10.3 Å². The minimum absolute atomic E-state index is 0.0628. The molecular formula is C18H20N4O3S2. The van der Waals surface area contributed by atoms with E-state index in [4.69, 9.17) is 0 Å². The highest BCUT2D eigenvalue weighted by atomic mass is 32.2. The summed E-state index contributed by atoms with van der Waals surface area (Å²) in [6.45, 7) is 5.84. The van der Waals surface area contributed by atoms with Crippen LogP contribution >= 0.6 is 11.3 Å². The molecule has 0 saturated carbocycles. The van der Waals surface area contributed by atoms with Gasteiger partial charge in [0.15, 0.2) is 0 Å². The molecule has 7 nitrogen and oxygen atoms in total. The predicted octanol–water partition coefficient (Wildman–Crippen LogP) is 2.27. The van der Waals surface area contributed by atoms with E-state index < -0.39 is 10.0 Å². The zero-order chi connectivity index (χ0) is 19.6. The van der Waals surface area contributed by atoms with Crippen LogP contribution in [-0.4, -0.2) is 29.7 Å². The van der Waals surface area contributed by atoms with Gasteiger partial charge in [-0.05, 0) is 44.5 Å². The first-order valence-corrected chi connectivity index (χ1v) is 10.6. The van der Waals surface area contributed by atoms with Crippen LogP contribution in [0.15, 0.2) is 46.1 Å². The smallest absolute Gasteiger partial charge is 0.266 e. The van der Waals surface area contributed by atoms with Gasteiger partial charge < -0.3 is 0 Å². The maximum atomic E-state index is 12.4. The van der Waals surface area contributed by atoms with E-state index in [1.54, 1.807) is 18.2 Å². The fraction of sp³-hybridized carbons (Fsp3) is 0.278. The second-order valence-corrected chi connectivity index (χ2v) is 9.11. The summed E-state index contributed by atoms with van der Waals surface area (Å²) in [4.78, 5) is 17.6. The summed E-state index contributed by atoms with van der Waals surface area (Å²) in [6.07, 6.45) is 0. The fourth-order valence-electron chi connectivity index (χ4n) is 2.65. The molecule has 0 atom stereocenters. The Morgan fingerprint density at radius 1 is 1.15 bits per heavy atom. The van der Waals surface area contributed by atoms with Gasteiger partial charge in [0, 0.05) is 12.6 Å². The molecule has 0 aliphatic rings. The number of hydrogen-bond donors (Lipinski definition) is 1. The number of sulfonamides is 1. The van der Waals surface area contributed by atoms with Crippen molar-refractivity contribution in [3.05, 3.63) is 63.0 Å². The summed E-state index contributed by atoms with van der Waals surface area (Å²) in [5.41, 5.74) is 2.08. The van der Waals surface area contributed by atoms with E-state index in [1.165, 1.54) is 28.2 Å². The van der Waals surface area contributed by atoms with Crippen LogP contribution in [0.3, 0.4) is 0 Å². The van der Waals surface area contributed by atoms with Crippen molar-refractivity contribution in [3.63, 3.8) is 0 Å². The molecule has 0 radical (unpaired) electrons. The van der Waals surface area contributed by atoms with Crippen molar-refractivity contribution in [1.82, 2.24) is 19.5 Å². The zero-order valence-corrected chi connectivity index (χ0v) is 16.9. The Hall–Kier alpha value is -2.36. The first-order chi connectivity index (χ1) is 12.8. The molecule has 0 spiro atoms. The summed E-state index contributed by atoms with van der Waals surface area (Å²) in [7, 11) is -3.63. The number of aryl methyl sites for hydroxylation is 3. The summed E-state index contributed by atoms with van der Waals surface area (Å²) >= 11 is 1.51. The molecule has 2 heterocycles. The highest BCUT2D eigenvalue weighted by Gasteiger charge is 2.14. The van der Waals surface area contributed by atoms with Gasteiger partial charge in [0.25, 0.3) is 5.56 Å². The molecule has 0 saturated heterocycles. The molecule has 142 valence electrons. The summed E-state index contributed by atoms with van der Waals surface area (Å²) in [6, 6.07) is 9.76. The van der Waals surface area contributed by atoms with Crippen molar-refractivity contribution in [3.8, 4) is 10.6 Å². The number of aromatic nitrogens is 3. The van der Waals surface area contributed by atoms with E-state index >= 15 is 0 Å². The van der Waals surface area contributed by atoms with Crippen molar-refractivity contribution < 1.29 is 8.42 Å². The van der Waals surface area contributed by atoms with Crippen molar-refractivity contribution in [2.24, 2.45) is 0 Å². The molecule has 3 rings (SSSR count). The Morgan fingerprint density at radius 3 is 2.59 bits per heavy atom. The molecule has 0 unspecified atom stereocenters. The third-order valence-electron chi connectivity index (χ3n) is 3.92. The SMILES string of the molecule is Cc1cccc(S(=O)(=O)NCCn2nc(-c3sc(C)nc3C)ccc2=O)c1. The monoisotopic (exact) mass is 404 g/mol. The molecule has 1 N–H and O–H groups in total. The molecule has 0 bridgehead atoms. The molecule has 0 aliphatic carbocycles. The Morgan fingerprint density at radius 2 is 1.93 bits per heavy atom. The second kappa shape index (κ2) is 7.71. The van der Waals surface area contributed by atoms with E-state index in [0.29, 0.717) is 5.69 Å². The van der Waals surface area contributed by atoms with Gasteiger partial charge in [0.05, 0.1) is 27.0 Å². The average molecular weight is 405 g/mol. The van der Waals surface area contributed by atoms with Crippen LogP contribution in [0.2, 0.25) is 0 Å². The van der Waals surface area contributed by atoms with Gasteiger partial charge in [-0.25, -0.2) is 22.8 Å². The quantitative estimate of drug-likeness (QED) is 0.680. The van der Waals surface area contributed by atoms with Gasteiger partial charge in [0.1, 0.15) is 5.69 Å². The number of rotatable bonds is 6. The van der Waals surface area contributed by atoms with Gasteiger partial charge in [-0.1, -0.05) is 12.1 Å². The minimum Gasteiger partial charge on any atom is -0.268 e. The number of nitrogens with zero attached hydrogens (tertiary/aromatic N) is 3. The van der Waals surface area contributed by atoms with Gasteiger partial charge >= 0.3 is 0 Å². The number of nitrogens with one attached hydrogen (secondary N) is 1. The molecule has 27 heavy (non-hydrogen) atoms. The molecule has 0 aliphatic heterocycles. The minimum atomic E-state index is -3.63. The largest absolute Gasteiger partial charge is 0.268 e. The van der Waals surface area contributed by atoms with E-state index in [9.17, 15) is 13.2 Å². The Kier molecular flexibility index (Phi) is 5.54. The normalized spacial score (nSPS) is 11.7. The van der Waals surface area contributed by atoms with Crippen LogP contribution in [-0.2, 0) is 16.6 Å². The first kappa shape index (κ1) is 19.4. The maximum Gasteiger partial charge on any atom is 0.266 e. The lowest BCUT2D eigenvalue weighted by Crippen LogP contribution is -2.32. The fourth-order valence-corrected chi connectivity index (χ4v) is 4.66. The zero-order valence-electron chi connectivity index (χ0n) is 15.3. The van der Waals surface area contributed by atoms with Crippen LogP contribution in [0, 0.1) is 20.8 Å². The van der Waals surface area contributed by atoms with Crippen LogP contribution in [0.4, 0.5) is 0 Å². The third-order valence-corrected chi connectivity index (χ3v) is 6.47. The van der Waals surface area contributed by atoms with Crippen molar-refractivity contribution in [2.75, 3.05) is 6.54 Å². The van der Waals surface area contributed by atoms with Crippen LogP contribution in [0.5, 0.6) is 0 Å². The number of hydrogen-bond acceptors (Lipinski definition) is 6.